The molecule has 0 unspecified atom stereocenters. The molecule has 27 heavy (non-hydrogen) atoms. The number of halogens is 2. The lowest BCUT2D eigenvalue weighted by Gasteiger charge is -2.33. The van der Waals surface area contributed by atoms with Gasteiger partial charge < -0.3 is 15.0 Å². The summed E-state index contributed by atoms with van der Waals surface area (Å²) in [6.45, 7) is 2.79. The van der Waals surface area contributed by atoms with Crippen molar-refractivity contribution in [1.29, 1.82) is 0 Å². The molecular weight excluding hydrogens is 371 g/mol. The third-order valence-electron chi connectivity index (χ3n) is 4.49. The summed E-state index contributed by atoms with van der Waals surface area (Å²) >= 11 is 5.92. The number of ether oxygens (including phenoxy) is 1. The number of anilines is 2. The van der Waals surface area contributed by atoms with E-state index in [9.17, 15) is 14.0 Å². The van der Waals surface area contributed by atoms with Gasteiger partial charge in [-0.1, -0.05) is 17.7 Å². The second-order valence-electron chi connectivity index (χ2n) is 6.33. The smallest absolute Gasteiger partial charge is 0.260 e. The van der Waals surface area contributed by atoms with Crippen LogP contribution in [0, 0.1) is 5.82 Å². The Hall–Kier alpha value is -2.44. The molecule has 2 aromatic carbocycles. The lowest BCUT2D eigenvalue weighted by Crippen LogP contribution is -2.42. The molecule has 0 atom stereocenters. The molecule has 2 amide bonds. The Kier molecular flexibility index (Phi) is 6.08. The summed E-state index contributed by atoms with van der Waals surface area (Å²) in [6, 6.07) is 11.0. The van der Waals surface area contributed by atoms with Crippen molar-refractivity contribution in [3.63, 3.8) is 0 Å². The number of amides is 2. The van der Waals surface area contributed by atoms with Crippen LogP contribution in [0.25, 0.3) is 0 Å². The zero-order valence-electron chi connectivity index (χ0n) is 14.9. The molecular formula is C20H20ClFN2O3. The number of benzene rings is 2. The van der Waals surface area contributed by atoms with Crippen LogP contribution in [0.3, 0.4) is 0 Å². The Morgan fingerprint density at radius 2 is 1.81 bits per heavy atom. The van der Waals surface area contributed by atoms with Gasteiger partial charge in [0.25, 0.3) is 5.91 Å². The zero-order valence-corrected chi connectivity index (χ0v) is 15.6. The van der Waals surface area contributed by atoms with Crippen molar-refractivity contribution < 1.29 is 18.7 Å². The number of rotatable bonds is 4. The molecule has 1 aliphatic rings. The summed E-state index contributed by atoms with van der Waals surface area (Å²) < 4.78 is 19.2. The number of carbonyl (C=O) groups excluding carboxylic acids is 2. The summed E-state index contributed by atoms with van der Waals surface area (Å²) in [7, 11) is 0. The van der Waals surface area contributed by atoms with Crippen molar-refractivity contribution in [2.24, 2.45) is 0 Å². The number of hydrogen-bond acceptors (Lipinski definition) is 3. The number of nitrogens with one attached hydrogen (secondary N) is 1. The van der Waals surface area contributed by atoms with Crippen LogP contribution in [0.4, 0.5) is 15.8 Å². The molecule has 1 heterocycles. The van der Waals surface area contributed by atoms with Gasteiger partial charge >= 0.3 is 0 Å². The third kappa shape index (κ3) is 4.46. The standard InChI is InChI=1S/C20H20ClFN2O3/c1-13(25)24(16-9-11-27-12-10-16)15-7-5-14(6-8-15)23-20(26)19-17(21)3-2-4-18(19)22/h2-8,16H,9-12H2,1H3,(H,23,26). The SMILES string of the molecule is CC(=O)N(c1ccc(NC(=O)c2c(F)cccc2Cl)cc1)C1CCOCC1. The van der Waals surface area contributed by atoms with E-state index in [2.05, 4.69) is 5.32 Å². The van der Waals surface area contributed by atoms with Crippen LogP contribution in [-0.2, 0) is 9.53 Å². The van der Waals surface area contributed by atoms with E-state index >= 15 is 0 Å². The van der Waals surface area contributed by atoms with E-state index in [0.717, 1.165) is 18.5 Å². The first-order valence-corrected chi connectivity index (χ1v) is 9.08. The first kappa shape index (κ1) is 19.3. The van der Waals surface area contributed by atoms with E-state index in [1.54, 1.807) is 29.2 Å². The molecule has 2 aromatic rings. The zero-order chi connectivity index (χ0) is 19.4. The number of hydrogen-bond donors (Lipinski definition) is 1. The molecule has 0 aromatic heterocycles. The average molecular weight is 391 g/mol. The molecule has 0 spiro atoms. The van der Waals surface area contributed by atoms with Crippen LogP contribution >= 0.6 is 11.6 Å². The molecule has 0 radical (unpaired) electrons. The molecule has 0 saturated carbocycles. The van der Waals surface area contributed by atoms with Gasteiger partial charge in [0.2, 0.25) is 5.91 Å². The van der Waals surface area contributed by atoms with Gasteiger partial charge in [0.1, 0.15) is 5.82 Å². The van der Waals surface area contributed by atoms with Crippen LogP contribution in [0.1, 0.15) is 30.1 Å². The largest absolute Gasteiger partial charge is 0.381 e. The normalized spacial score (nSPS) is 14.6. The maximum absolute atomic E-state index is 13.9. The summed E-state index contributed by atoms with van der Waals surface area (Å²) in [5.74, 6) is -1.35. The number of nitrogens with zero attached hydrogens (tertiary/aromatic N) is 1. The summed E-state index contributed by atoms with van der Waals surface area (Å²) in [5, 5.41) is 2.68. The molecule has 1 N–H and O–H groups in total. The third-order valence-corrected chi connectivity index (χ3v) is 4.80. The predicted octanol–water partition coefficient (Wildman–Crippen LogP) is 4.26. The Balaban J connectivity index is 1.76. The topological polar surface area (TPSA) is 58.6 Å². The molecule has 1 fully saturated rings. The lowest BCUT2D eigenvalue weighted by atomic mass is 10.1. The van der Waals surface area contributed by atoms with Crippen LogP contribution in [-0.4, -0.2) is 31.1 Å². The van der Waals surface area contributed by atoms with Gasteiger partial charge in [-0.3, -0.25) is 9.59 Å². The van der Waals surface area contributed by atoms with Gasteiger partial charge in [0, 0.05) is 37.6 Å². The monoisotopic (exact) mass is 390 g/mol. The highest BCUT2D eigenvalue weighted by Gasteiger charge is 2.25. The Morgan fingerprint density at radius 3 is 2.41 bits per heavy atom. The number of carbonyl (C=O) groups is 2. The molecule has 7 heteroatoms. The van der Waals surface area contributed by atoms with Crippen molar-refractivity contribution in [1.82, 2.24) is 0 Å². The molecule has 0 aliphatic carbocycles. The molecule has 1 aliphatic heterocycles. The molecule has 142 valence electrons. The van der Waals surface area contributed by atoms with E-state index < -0.39 is 11.7 Å². The highest BCUT2D eigenvalue weighted by Crippen LogP contribution is 2.26. The minimum atomic E-state index is -0.682. The van der Waals surface area contributed by atoms with E-state index in [1.807, 2.05) is 0 Å². The molecule has 1 saturated heterocycles. The average Bonchev–Trinajstić information content (AvgIpc) is 2.64. The van der Waals surface area contributed by atoms with Gasteiger partial charge in [-0.15, -0.1) is 0 Å². The molecule has 3 rings (SSSR count). The predicted molar refractivity (Wildman–Crippen MR) is 103 cm³/mol. The Morgan fingerprint density at radius 1 is 1.15 bits per heavy atom. The molecule has 5 nitrogen and oxygen atoms in total. The van der Waals surface area contributed by atoms with Crippen molar-refractivity contribution in [3.8, 4) is 0 Å². The van der Waals surface area contributed by atoms with Gasteiger partial charge in [0.15, 0.2) is 0 Å². The minimum absolute atomic E-state index is 0.0446. The van der Waals surface area contributed by atoms with Crippen molar-refractivity contribution in [2.45, 2.75) is 25.8 Å². The first-order chi connectivity index (χ1) is 13.0. The first-order valence-electron chi connectivity index (χ1n) is 8.70. The van der Waals surface area contributed by atoms with Crippen LogP contribution in [0.15, 0.2) is 42.5 Å². The van der Waals surface area contributed by atoms with Gasteiger partial charge in [-0.25, -0.2) is 4.39 Å². The van der Waals surface area contributed by atoms with E-state index in [1.165, 1.54) is 25.1 Å². The lowest BCUT2D eigenvalue weighted by molar-refractivity contribution is -0.117. The minimum Gasteiger partial charge on any atom is -0.381 e. The van der Waals surface area contributed by atoms with Crippen LogP contribution in [0.2, 0.25) is 5.02 Å². The summed E-state index contributed by atoms with van der Waals surface area (Å²) in [5.41, 5.74) is 1.03. The Labute approximate surface area is 162 Å². The summed E-state index contributed by atoms with van der Waals surface area (Å²) in [4.78, 5) is 26.2. The highest BCUT2D eigenvalue weighted by molar-refractivity contribution is 6.34. The van der Waals surface area contributed by atoms with Crippen molar-refractivity contribution in [3.05, 3.63) is 58.9 Å². The second kappa shape index (κ2) is 8.50. The highest BCUT2D eigenvalue weighted by atomic mass is 35.5. The van der Waals surface area contributed by atoms with Gasteiger partial charge in [0.05, 0.1) is 10.6 Å². The quantitative estimate of drug-likeness (QED) is 0.848. The fourth-order valence-electron chi connectivity index (χ4n) is 3.21. The summed E-state index contributed by atoms with van der Waals surface area (Å²) in [6.07, 6.45) is 1.56. The maximum Gasteiger partial charge on any atom is 0.260 e. The van der Waals surface area contributed by atoms with Crippen molar-refractivity contribution >= 4 is 34.8 Å². The van der Waals surface area contributed by atoms with Crippen LogP contribution in [0.5, 0.6) is 0 Å². The van der Waals surface area contributed by atoms with Crippen molar-refractivity contribution in [2.75, 3.05) is 23.4 Å². The van der Waals surface area contributed by atoms with Crippen LogP contribution < -0.4 is 10.2 Å². The fraction of sp³-hybridized carbons (Fsp3) is 0.300. The maximum atomic E-state index is 13.9. The van der Waals surface area contributed by atoms with Gasteiger partial charge in [-0.05, 0) is 49.2 Å². The Bertz CT molecular complexity index is 815. The second-order valence-corrected chi connectivity index (χ2v) is 6.74. The van der Waals surface area contributed by atoms with Gasteiger partial charge in [-0.2, -0.15) is 0 Å². The fourth-order valence-corrected chi connectivity index (χ4v) is 3.46. The van der Waals surface area contributed by atoms with E-state index in [4.69, 9.17) is 16.3 Å². The van der Waals surface area contributed by atoms with E-state index in [-0.39, 0.29) is 22.5 Å². The van der Waals surface area contributed by atoms with E-state index in [0.29, 0.717) is 18.9 Å². The molecule has 0 bridgehead atoms.